The van der Waals surface area contributed by atoms with Crippen LogP contribution in [0.15, 0.2) is 0 Å². The molecule has 3 rings (SSSR count). The number of halogens is 2. The van der Waals surface area contributed by atoms with Crippen molar-refractivity contribution in [3.05, 3.63) is 0 Å². The number of nitrogens with zero attached hydrogens (tertiary/aromatic N) is 2. The highest BCUT2D eigenvalue weighted by molar-refractivity contribution is 5.88. The summed E-state index contributed by atoms with van der Waals surface area (Å²) in [6, 6.07) is -2.43. The average Bonchev–Trinajstić information content (AvgIpc) is 3.18. The number of urea groups is 1. The summed E-state index contributed by atoms with van der Waals surface area (Å²) in [5.74, 6) is -3.05. The molecule has 3 N–H and O–H groups in total. The second kappa shape index (κ2) is 7.29. The van der Waals surface area contributed by atoms with Gasteiger partial charge in [0.15, 0.2) is 0 Å². The Morgan fingerprint density at radius 1 is 1.35 bits per heavy atom. The molecule has 2 bridgehead atoms. The van der Waals surface area contributed by atoms with Gasteiger partial charge >= 0.3 is 18.1 Å². The zero-order chi connectivity index (χ0) is 18.9. The Bertz CT molecular complexity index is 586. The van der Waals surface area contributed by atoms with Crippen molar-refractivity contribution in [3.63, 3.8) is 0 Å². The van der Waals surface area contributed by atoms with Gasteiger partial charge in [0.05, 0.1) is 12.6 Å². The summed E-state index contributed by atoms with van der Waals surface area (Å²) in [7, 11) is 0. The lowest BCUT2D eigenvalue weighted by atomic mass is 10.0. The highest BCUT2D eigenvalue weighted by Gasteiger charge is 2.53. The van der Waals surface area contributed by atoms with Gasteiger partial charge in [0, 0.05) is 12.6 Å². The van der Waals surface area contributed by atoms with Crippen LogP contribution in [0, 0.1) is 0 Å². The normalized spacial score (nSPS) is 28.5. The van der Waals surface area contributed by atoms with Crippen LogP contribution < -0.4 is 10.8 Å². The lowest BCUT2D eigenvalue weighted by Gasteiger charge is -2.29. The molecule has 0 unspecified atom stereocenters. The first-order valence-electron chi connectivity index (χ1n) is 8.35. The number of nitrogens with one attached hydrogen (secondary N) is 2. The SMILES string of the molecule is O=C(NOC[C@@H]1CCCN1)[C@H]1CC[C@@H]2CN1C(=O)N2OC(F)(F)C(=O)O. The molecule has 3 fully saturated rings. The van der Waals surface area contributed by atoms with E-state index in [0.29, 0.717) is 5.06 Å². The van der Waals surface area contributed by atoms with Gasteiger partial charge < -0.3 is 15.3 Å². The van der Waals surface area contributed by atoms with Crippen LogP contribution in [0.1, 0.15) is 25.7 Å². The van der Waals surface area contributed by atoms with E-state index < -0.39 is 36.1 Å². The zero-order valence-electron chi connectivity index (χ0n) is 13.8. The van der Waals surface area contributed by atoms with Crippen molar-refractivity contribution in [1.82, 2.24) is 20.8 Å². The van der Waals surface area contributed by atoms with Crippen molar-refractivity contribution in [2.75, 3.05) is 19.7 Å². The minimum Gasteiger partial charge on any atom is -0.475 e. The van der Waals surface area contributed by atoms with E-state index in [0.717, 1.165) is 24.3 Å². The van der Waals surface area contributed by atoms with Crippen LogP contribution in [0.5, 0.6) is 0 Å². The van der Waals surface area contributed by atoms with E-state index in [-0.39, 0.29) is 32.0 Å². The Kier molecular flexibility index (Phi) is 5.25. The molecule has 3 atom stereocenters. The number of carbonyl (C=O) groups is 3. The highest BCUT2D eigenvalue weighted by atomic mass is 19.3. The lowest BCUT2D eigenvalue weighted by molar-refractivity contribution is -0.327. The van der Waals surface area contributed by atoms with Gasteiger partial charge in [0.2, 0.25) is 0 Å². The molecule has 0 aromatic carbocycles. The van der Waals surface area contributed by atoms with E-state index in [2.05, 4.69) is 15.6 Å². The molecule has 3 saturated heterocycles. The number of carbonyl (C=O) groups excluding carboxylic acids is 2. The van der Waals surface area contributed by atoms with Crippen molar-refractivity contribution < 1.29 is 37.9 Å². The predicted molar refractivity (Wildman–Crippen MR) is 79.5 cm³/mol. The molecular weight excluding hydrogens is 358 g/mol. The van der Waals surface area contributed by atoms with Gasteiger partial charge in [-0.3, -0.25) is 9.63 Å². The summed E-state index contributed by atoms with van der Waals surface area (Å²) in [5.41, 5.74) is 2.29. The van der Waals surface area contributed by atoms with E-state index in [1.54, 1.807) is 0 Å². The maximum atomic E-state index is 13.3. The van der Waals surface area contributed by atoms with Crippen LogP contribution in [0.2, 0.25) is 0 Å². The Morgan fingerprint density at radius 2 is 2.12 bits per heavy atom. The van der Waals surface area contributed by atoms with Crippen LogP contribution in [0.25, 0.3) is 0 Å². The molecule has 0 spiro atoms. The summed E-state index contributed by atoms with van der Waals surface area (Å²) in [5, 5.41) is 12.0. The maximum Gasteiger partial charge on any atom is 0.476 e. The number of carboxylic acid groups (broad SMARTS) is 1. The first kappa shape index (κ1) is 18.7. The third kappa shape index (κ3) is 3.71. The number of aliphatic carboxylic acids is 1. The number of carboxylic acids is 1. The molecule has 3 aliphatic heterocycles. The predicted octanol–water partition coefficient (Wildman–Crippen LogP) is -0.336. The number of fused-ring (bicyclic) bond motifs is 2. The Balaban J connectivity index is 1.55. The molecule has 10 nitrogen and oxygen atoms in total. The third-order valence-corrected chi connectivity index (χ3v) is 4.71. The molecule has 3 amide bonds. The van der Waals surface area contributed by atoms with Gasteiger partial charge in [0.25, 0.3) is 5.91 Å². The molecule has 0 aromatic rings. The van der Waals surface area contributed by atoms with Gasteiger partial charge in [-0.2, -0.15) is 18.7 Å². The standard InChI is InChI=1S/C14H20F2N4O6/c15-14(16,12(22)23)26-20-9-3-4-10(19(6-9)13(20)24)11(21)18-25-7-8-2-1-5-17-8/h8-10,17H,1-7H2,(H,18,21)(H,22,23)/t8-,9+,10+/m0/s1. The lowest BCUT2D eigenvalue weighted by Crippen LogP contribution is -2.50. The minimum atomic E-state index is -4.52. The quantitative estimate of drug-likeness (QED) is 0.519. The van der Waals surface area contributed by atoms with Crippen LogP contribution in [0.3, 0.4) is 0 Å². The molecule has 0 radical (unpaired) electrons. The smallest absolute Gasteiger partial charge is 0.475 e. The number of alkyl halides is 2. The van der Waals surface area contributed by atoms with Crippen molar-refractivity contribution in [3.8, 4) is 0 Å². The molecule has 0 aromatic heterocycles. The Labute approximate surface area is 147 Å². The first-order valence-corrected chi connectivity index (χ1v) is 8.35. The van der Waals surface area contributed by atoms with Crippen molar-refractivity contribution >= 4 is 17.9 Å². The maximum absolute atomic E-state index is 13.3. The van der Waals surface area contributed by atoms with Crippen LogP contribution in [-0.2, 0) is 19.3 Å². The fourth-order valence-electron chi connectivity index (χ4n) is 3.37. The van der Waals surface area contributed by atoms with Gasteiger partial charge in [-0.05, 0) is 32.2 Å². The summed E-state index contributed by atoms with van der Waals surface area (Å²) in [6.45, 7) is 1.18. The zero-order valence-corrected chi connectivity index (χ0v) is 13.8. The summed E-state index contributed by atoms with van der Waals surface area (Å²) in [6.07, 6.45) is -2.10. The second-order valence-electron chi connectivity index (χ2n) is 6.49. The Hall–Kier alpha value is -2.05. The number of hydrogen-bond acceptors (Lipinski definition) is 6. The van der Waals surface area contributed by atoms with Crippen molar-refractivity contribution in [1.29, 1.82) is 0 Å². The first-order chi connectivity index (χ1) is 12.3. The van der Waals surface area contributed by atoms with Gasteiger partial charge in [-0.15, -0.1) is 0 Å². The van der Waals surface area contributed by atoms with Crippen molar-refractivity contribution in [2.24, 2.45) is 0 Å². The molecule has 146 valence electrons. The van der Waals surface area contributed by atoms with E-state index >= 15 is 0 Å². The molecular formula is C14H20F2N4O6. The average molecular weight is 378 g/mol. The Morgan fingerprint density at radius 3 is 2.77 bits per heavy atom. The summed E-state index contributed by atoms with van der Waals surface area (Å²) >= 11 is 0. The number of rotatable bonds is 7. The van der Waals surface area contributed by atoms with E-state index in [4.69, 9.17) is 9.94 Å². The van der Waals surface area contributed by atoms with E-state index in [9.17, 15) is 23.2 Å². The van der Waals surface area contributed by atoms with Crippen LogP contribution in [0.4, 0.5) is 13.6 Å². The number of hydrogen-bond donors (Lipinski definition) is 3. The topological polar surface area (TPSA) is 120 Å². The molecule has 0 aliphatic carbocycles. The summed E-state index contributed by atoms with van der Waals surface area (Å²) < 4.78 is 26.5. The van der Waals surface area contributed by atoms with Gasteiger partial charge in [-0.25, -0.2) is 15.1 Å². The molecule has 3 aliphatic rings. The van der Waals surface area contributed by atoms with Crippen LogP contribution >= 0.6 is 0 Å². The highest BCUT2D eigenvalue weighted by Crippen LogP contribution is 2.33. The van der Waals surface area contributed by atoms with Gasteiger partial charge in [-0.1, -0.05) is 0 Å². The van der Waals surface area contributed by atoms with Gasteiger partial charge in [0.1, 0.15) is 6.04 Å². The largest absolute Gasteiger partial charge is 0.476 e. The fourth-order valence-corrected chi connectivity index (χ4v) is 3.37. The number of piperidine rings is 1. The fraction of sp³-hybridized carbons (Fsp3) is 0.786. The van der Waals surface area contributed by atoms with E-state index in [1.807, 2.05) is 0 Å². The molecule has 12 heteroatoms. The number of hydroxylamine groups is 3. The van der Waals surface area contributed by atoms with Crippen molar-refractivity contribution in [2.45, 2.75) is 49.9 Å². The molecule has 3 heterocycles. The number of amides is 3. The second-order valence-corrected chi connectivity index (χ2v) is 6.49. The monoisotopic (exact) mass is 378 g/mol. The molecule has 26 heavy (non-hydrogen) atoms. The minimum absolute atomic E-state index is 0.00317. The van der Waals surface area contributed by atoms with Crippen LogP contribution in [-0.4, -0.2) is 76.9 Å². The van der Waals surface area contributed by atoms with E-state index in [1.165, 1.54) is 0 Å². The third-order valence-electron chi connectivity index (χ3n) is 4.71. The summed E-state index contributed by atoms with van der Waals surface area (Å²) in [4.78, 5) is 45.4. The molecule has 0 saturated carbocycles.